The molecule has 1 aliphatic rings. The van der Waals surface area contributed by atoms with Crippen LogP contribution in [-0.4, -0.2) is 14.3 Å². The van der Waals surface area contributed by atoms with E-state index >= 15 is 0 Å². The molecule has 1 atom stereocenters. The minimum atomic E-state index is -4.00. The molecule has 17 heavy (non-hydrogen) atoms. The summed E-state index contributed by atoms with van der Waals surface area (Å²) in [6.07, 6.45) is 0. The van der Waals surface area contributed by atoms with Crippen molar-refractivity contribution >= 4 is 21.6 Å². The molecular weight excluding hydrogens is 244 g/mol. The molecule has 2 rings (SSSR count). The maximum atomic E-state index is 11.5. The predicted molar refractivity (Wildman–Crippen MR) is 59.8 cm³/mol. The zero-order chi connectivity index (χ0) is 12.6. The molecule has 0 aliphatic carbocycles. The van der Waals surface area contributed by atoms with E-state index in [4.69, 9.17) is 5.53 Å². The summed E-state index contributed by atoms with van der Waals surface area (Å²) < 4.78 is 25.7. The zero-order valence-electron chi connectivity index (χ0n) is 8.78. The van der Waals surface area contributed by atoms with Crippen LogP contribution >= 0.6 is 0 Å². The third-order valence-electron chi connectivity index (χ3n) is 2.58. The fourth-order valence-corrected chi connectivity index (χ4v) is 2.36. The first-order chi connectivity index (χ1) is 7.95. The number of anilines is 1. The molecule has 1 amide bonds. The van der Waals surface area contributed by atoms with Gasteiger partial charge in [0.05, 0.1) is 10.8 Å². The highest BCUT2D eigenvalue weighted by atomic mass is 32.2. The first-order valence-electron chi connectivity index (χ1n) is 4.72. The Kier molecular flexibility index (Phi) is 2.53. The summed E-state index contributed by atoms with van der Waals surface area (Å²) in [5.41, 5.74) is 9.34. The van der Waals surface area contributed by atoms with E-state index in [9.17, 15) is 13.2 Å². The van der Waals surface area contributed by atoms with Gasteiger partial charge in [0.2, 0.25) is 5.91 Å². The van der Waals surface area contributed by atoms with Gasteiger partial charge >= 0.3 is 0 Å². The van der Waals surface area contributed by atoms with Crippen molar-refractivity contribution in [1.29, 1.82) is 0 Å². The van der Waals surface area contributed by atoms with Crippen LogP contribution in [0.1, 0.15) is 18.4 Å². The van der Waals surface area contributed by atoms with E-state index in [1.54, 1.807) is 6.92 Å². The van der Waals surface area contributed by atoms with Gasteiger partial charge in [0.15, 0.2) is 0 Å². The molecule has 0 spiro atoms. The van der Waals surface area contributed by atoms with Crippen LogP contribution in [0, 0.1) is 0 Å². The predicted octanol–water partition coefficient (Wildman–Crippen LogP) is 1.74. The average molecular weight is 252 g/mol. The van der Waals surface area contributed by atoms with Crippen molar-refractivity contribution in [2.75, 3.05) is 5.32 Å². The van der Waals surface area contributed by atoms with Gasteiger partial charge in [-0.3, -0.25) is 4.79 Å². The Morgan fingerprint density at radius 2 is 2.18 bits per heavy atom. The van der Waals surface area contributed by atoms with Crippen LogP contribution in [0.5, 0.6) is 0 Å². The molecule has 1 heterocycles. The van der Waals surface area contributed by atoms with E-state index in [0.717, 1.165) is 0 Å². The Morgan fingerprint density at radius 1 is 1.47 bits per heavy atom. The van der Waals surface area contributed by atoms with Gasteiger partial charge in [0, 0.05) is 15.1 Å². The van der Waals surface area contributed by atoms with Crippen LogP contribution < -0.4 is 5.32 Å². The second kappa shape index (κ2) is 3.76. The molecule has 1 N–H and O–H groups in total. The Morgan fingerprint density at radius 3 is 2.82 bits per heavy atom. The second-order valence-corrected chi connectivity index (χ2v) is 5.19. The summed E-state index contributed by atoms with van der Waals surface area (Å²) in [5, 5.41) is 2.62. The number of hydrogen-bond donors (Lipinski definition) is 1. The van der Waals surface area contributed by atoms with E-state index < -0.39 is 15.9 Å². The maximum absolute atomic E-state index is 11.5. The molecule has 0 bridgehead atoms. The summed E-state index contributed by atoms with van der Waals surface area (Å²) in [6, 6.07) is 4.12. The first kappa shape index (κ1) is 11.4. The average Bonchev–Trinajstić information content (AvgIpc) is 2.54. The van der Waals surface area contributed by atoms with E-state index in [1.165, 1.54) is 18.2 Å². The Labute approximate surface area is 97.1 Å². The van der Waals surface area contributed by atoms with Gasteiger partial charge in [-0.15, -0.1) is 0 Å². The summed E-state index contributed by atoms with van der Waals surface area (Å²) in [7, 11) is -4.00. The Bertz CT molecular complexity index is 646. The number of rotatable bonds is 2. The van der Waals surface area contributed by atoms with Crippen molar-refractivity contribution in [2.45, 2.75) is 17.7 Å². The van der Waals surface area contributed by atoms with E-state index in [0.29, 0.717) is 11.3 Å². The van der Waals surface area contributed by atoms with E-state index in [1.807, 2.05) is 0 Å². The molecule has 0 aromatic heterocycles. The van der Waals surface area contributed by atoms with Crippen molar-refractivity contribution in [3.63, 3.8) is 0 Å². The highest BCUT2D eigenvalue weighted by molar-refractivity contribution is 7.90. The van der Waals surface area contributed by atoms with Gasteiger partial charge in [0.25, 0.3) is 10.0 Å². The Balaban J connectivity index is 2.57. The molecule has 0 radical (unpaired) electrons. The number of benzene rings is 1. The van der Waals surface area contributed by atoms with Crippen molar-refractivity contribution in [1.82, 2.24) is 0 Å². The lowest BCUT2D eigenvalue weighted by atomic mass is 10.0. The molecule has 88 valence electrons. The minimum absolute atomic E-state index is 0.114. The van der Waals surface area contributed by atoms with Crippen LogP contribution in [0.2, 0.25) is 0 Å². The number of carbonyl (C=O) groups is 1. The summed E-state index contributed by atoms with van der Waals surface area (Å²) in [4.78, 5) is 13.5. The van der Waals surface area contributed by atoms with E-state index in [2.05, 4.69) is 14.7 Å². The number of hydrogen-bond acceptors (Lipinski definition) is 3. The standard InChI is InChI=1S/C9H8N4O3S/c1-5-7-4-6(17(15,16)13-12-10)2-3-8(7)11-9(5)14/h2-5H,1H3,(H,11,14). The number of fused-ring (bicyclic) bond motifs is 1. The van der Waals surface area contributed by atoms with Crippen molar-refractivity contribution < 1.29 is 13.2 Å². The van der Waals surface area contributed by atoms with Crippen LogP contribution in [0.25, 0.3) is 10.4 Å². The Hall–Kier alpha value is -2.05. The first-order valence-corrected chi connectivity index (χ1v) is 6.16. The fourth-order valence-electron chi connectivity index (χ4n) is 1.65. The van der Waals surface area contributed by atoms with Gasteiger partial charge < -0.3 is 5.32 Å². The van der Waals surface area contributed by atoms with Gasteiger partial charge in [-0.05, 0) is 36.2 Å². The molecular formula is C9H8N4O3S. The molecule has 1 unspecified atom stereocenters. The maximum Gasteiger partial charge on any atom is 0.264 e. The molecule has 1 aromatic carbocycles. The highest BCUT2D eigenvalue weighted by Crippen LogP contribution is 2.33. The number of sulfonamides is 1. The third kappa shape index (κ3) is 1.83. The summed E-state index contributed by atoms with van der Waals surface area (Å²) in [5.74, 6) is -0.593. The minimum Gasteiger partial charge on any atom is -0.325 e. The number of nitrogens with one attached hydrogen (secondary N) is 1. The highest BCUT2D eigenvalue weighted by Gasteiger charge is 2.28. The number of carbonyl (C=O) groups excluding carboxylic acids is 1. The van der Waals surface area contributed by atoms with Crippen LogP contribution in [0.3, 0.4) is 0 Å². The molecule has 7 nitrogen and oxygen atoms in total. The van der Waals surface area contributed by atoms with Crippen LogP contribution in [0.4, 0.5) is 5.69 Å². The fraction of sp³-hybridized carbons (Fsp3) is 0.222. The lowest BCUT2D eigenvalue weighted by Gasteiger charge is -2.03. The quantitative estimate of drug-likeness (QED) is 0.491. The van der Waals surface area contributed by atoms with E-state index in [-0.39, 0.29) is 10.8 Å². The van der Waals surface area contributed by atoms with Crippen LogP contribution in [-0.2, 0) is 14.8 Å². The van der Waals surface area contributed by atoms with Gasteiger partial charge in [-0.2, -0.15) is 0 Å². The molecule has 0 saturated carbocycles. The largest absolute Gasteiger partial charge is 0.325 e. The SMILES string of the molecule is CC1C(=O)Nc2ccc(S(=O)(=O)N=[N+]=[N-])cc21. The lowest BCUT2D eigenvalue weighted by molar-refractivity contribution is -0.116. The number of nitrogens with zero attached hydrogens (tertiary/aromatic N) is 3. The lowest BCUT2D eigenvalue weighted by Crippen LogP contribution is -2.08. The summed E-state index contributed by atoms with van der Waals surface area (Å²) in [6.45, 7) is 1.67. The third-order valence-corrected chi connectivity index (χ3v) is 3.72. The van der Waals surface area contributed by atoms with Crippen molar-refractivity contribution in [2.24, 2.45) is 4.52 Å². The number of azide groups is 1. The smallest absolute Gasteiger partial charge is 0.264 e. The number of amides is 1. The topological polar surface area (TPSA) is 112 Å². The van der Waals surface area contributed by atoms with Gasteiger partial charge in [-0.1, -0.05) is 0 Å². The van der Waals surface area contributed by atoms with Gasteiger partial charge in [-0.25, -0.2) is 8.42 Å². The zero-order valence-corrected chi connectivity index (χ0v) is 9.60. The second-order valence-electron chi connectivity index (χ2n) is 3.61. The normalized spacial score (nSPS) is 18.2. The molecule has 0 saturated heterocycles. The molecule has 8 heteroatoms. The monoisotopic (exact) mass is 252 g/mol. The molecule has 0 fully saturated rings. The van der Waals surface area contributed by atoms with Crippen molar-refractivity contribution in [3.05, 3.63) is 34.2 Å². The molecule has 1 aliphatic heterocycles. The summed E-state index contributed by atoms with van der Waals surface area (Å²) >= 11 is 0. The molecule has 1 aromatic rings. The van der Waals surface area contributed by atoms with Gasteiger partial charge in [0.1, 0.15) is 0 Å². The van der Waals surface area contributed by atoms with Crippen LogP contribution in [0.15, 0.2) is 27.6 Å². The van der Waals surface area contributed by atoms with Crippen molar-refractivity contribution in [3.8, 4) is 0 Å².